The van der Waals surface area contributed by atoms with Crippen molar-refractivity contribution in [1.82, 2.24) is 10.2 Å². The minimum absolute atomic E-state index is 0.553. The zero-order valence-corrected chi connectivity index (χ0v) is 12.7. The molecule has 2 heteroatoms. The van der Waals surface area contributed by atoms with Gasteiger partial charge in [-0.05, 0) is 50.1 Å². The van der Waals surface area contributed by atoms with E-state index in [0.29, 0.717) is 6.04 Å². The Kier molecular flexibility index (Phi) is 4.74. The highest BCUT2D eigenvalue weighted by Crippen LogP contribution is 2.33. The van der Waals surface area contributed by atoms with Gasteiger partial charge in [0.15, 0.2) is 0 Å². The smallest absolute Gasteiger partial charge is 0.0472 e. The molecule has 0 amide bonds. The lowest BCUT2D eigenvalue weighted by molar-refractivity contribution is 0.184. The third kappa shape index (κ3) is 4.07. The molecule has 0 aromatic heterocycles. The van der Waals surface area contributed by atoms with Gasteiger partial charge in [0, 0.05) is 25.2 Å². The zero-order chi connectivity index (χ0) is 13.8. The zero-order valence-electron chi connectivity index (χ0n) is 12.7. The average molecular weight is 272 g/mol. The third-order valence-corrected chi connectivity index (χ3v) is 4.50. The van der Waals surface area contributed by atoms with Crippen LogP contribution in [0.25, 0.3) is 0 Å². The van der Waals surface area contributed by atoms with Crippen LogP contribution in [0, 0.1) is 5.92 Å². The van der Waals surface area contributed by atoms with Gasteiger partial charge in [0.25, 0.3) is 0 Å². The maximum absolute atomic E-state index is 3.75. The van der Waals surface area contributed by atoms with Crippen molar-refractivity contribution in [3.8, 4) is 0 Å². The largest absolute Gasteiger partial charge is 0.312 e. The van der Waals surface area contributed by atoms with Gasteiger partial charge < -0.3 is 5.32 Å². The van der Waals surface area contributed by atoms with Gasteiger partial charge in [0.1, 0.15) is 0 Å². The van der Waals surface area contributed by atoms with Gasteiger partial charge in [0.05, 0.1) is 0 Å². The molecule has 2 nitrogen and oxygen atoms in total. The number of benzene rings is 1. The van der Waals surface area contributed by atoms with Crippen LogP contribution in [-0.4, -0.2) is 30.6 Å². The maximum atomic E-state index is 3.75. The Morgan fingerprint density at radius 3 is 2.50 bits per heavy atom. The van der Waals surface area contributed by atoms with Crippen LogP contribution >= 0.6 is 0 Å². The predicted molar refractivity (Wildman–Crippen MR) is 84.8 cm³/mol. The van der Waals surface area contributed by atoms with Crippen molar-refractivity contribution in [2.45, 2.75) is 51.1 Å². The molecule has 1 atom stereocenters. The Bertz CT molecular complexity index is 395. The summed E-state index contributed by atoms with van der Waals surface area (Å²) in [5.41, 5.74) is 1.48. The van der Waals surface area contributed by atoms with Crippen LogP contribution in [0.15, 0.2) is 30.3 Å². The van der Waals surface area contributed by atoms with E-state index in [1.165, 1.54) is 50.8 Å². The Labute approximate surface area is 123 Å². The minimum Gasteiger partial charge on any atom is -0.312 e. The van der Waals surface area contributed by atoms with Gasteiger partial charge in [-0.3, -0.25) is 4.90 Å². The quantitative estimate of drug-likeness (QED) is 0.739. The van der Waals surface area contributed by atoms with E-state index >= 15 is 0 Å². The van der Waals surface area contributed by atoms with Gasteiger partial charge in [-0.2, -0.15) is 0 Å². The first kappa shape index (κ1) is 14.1. The molecule has 2 saturated carbocycles. The van der Waals surface area contributed by atoms with E-state index in [4.69, 9.17) is 0 Å². The topological polar surface area (TPSA) is 15.3 Å². The standard InChI is InChI=1S/C18H28N2/c1-2-12-20(14-15-8-9-15)18(13-19-17-10-11-17)16-6-4-3-5-7-16/h3-7,15,17-19H,2,8-14H2,1H3. The molecular formula is C18H28N2. The van der Waals surface area contributed by atoms with Gasteiger partial charge >= 0.3 is 0 Å². The maximum Gasteiger partial charge on any atom is 0.0472 e. The molecule has 0 radical (unpaired) electrons. The number of rotatable bonds is 9. The number of hydrogen-bond acceptors (Lipinski definition) is 2. The van der Waals surface area contributed by atoms with Crippen molar-refractivity contribution in [3.05, 3.63) is 35.9 Å². The Morgan fingerprint density at radius 1 is 1.15 bits per heavy atom. The Morgan fingerprint density at radius 2 is 1.90 bits per heavy atom. The summed E-state index contributed by atoms with van der Waals surface area (Å²) in [6.45, 7) is 5.93. The summed E-state index contributed by atoms with van der Waals surface area (Å²) in [7, 11) is 0. The molecule has 0 spiro atoms. The fourth-order valence-electron chi connectivity index (χ4n) is 2.99. The summed E-state index contributed by atoms with van der Waals surface area (Å²) in [6, 6.07) is 12.4. The van der Waals surface area contributed by atoms with E-state index in [1.54, 1.807) is 0 Å². The molecule has 3 rings (SSSR count). The molecule has 2 aliphatic rings. The van der Waals surface area contributed by atoms with E-state index < -0.39 is 0 Å². The second-order valence-corrected chi connectivity index (χ2v) is 6.55. The summed E-state index contributed by atoms with van der Waals surface area (Å²) in [5, 5.41) is 3.75. The monoisotopic (exact) mass is 272 g/mol. The van der Waals surface area contributed by atoms with Crippen molar-refractivity contribution in [3.63, 3.8) is 0 Å². The highest BCUT2D eigenvalue weighted by atomic mass is 15.2. The van der Waals surface area contributed by atoms with Crippen molar-refractivity contribution in [2.75, 3.05) is 19.6 Å². The Balaban J connectivity index is 1.69. The molecule has 20 heavy (non-hydrogen) atoms. The fraction of sp³-hybridized carbons (Fsp3) is 0.667. The molecule has 0 saturated heterocycles. The molecule has 2 aliphatic carbocycles. The molecule has 0 bridgehead atoms. The van der Waals surface area contributed by atoms with Gasteiger partial charge in [-0.25, -0.2) is 0 Å². The van der Waals surface area contributed by atoms with E-state index in [2.05, 4.69) is 47.5 Å². The number of hydrogen-bond donors (Lipinski definition) is 1. The molecule has 0 aliphatic heterocycles. The summed E-state index contributed by atoms with van der Waals surface area (Å²) in [4.78, 5) is 2.72. The first-order valence-corrected chi connectivity index (χ1v) is 8.39. The molecule has 110 valence electrons. The summed E-state index contributed by atoms with van der Waals surface area (Å²) >= 11 is 0. The van der Waals surface area contributed by atoms with Crippen LogP contribution in [0.3, 0.4) is 0 Å². The van der Waals surface area contributed by atoms with Crippen LogP contribution in [0.5, 0.6) is 0 Å². The van der Waals surface area contributed by atoms with Crippen molar-refractivity contribution >= 4 is 0 Å². The van der Waals surface area contributed by atoms with Crippen LogP contribution in [0.1, 0.15) is 50.6 Å². The molecule has 0 heterocycles. The lowest BCUT2D eigenvalue weighted by Crippen LogP contribution is -2.38. The average Bonchev–Trinajstić information content (AvgIpc) is 3.35. The minimum atomic E-state index is 0.553. The molecule has 2 fully saturated rings. The first-order valence-electron chi connectivity index (χ1n) is 8.39. The normalized spacial score (nSPS) is 20.3. The second kappa shape index (κ2) is 6.73. The van der Waals surface area contributed by atoms with Crippen molar-refractivity contribution < 1.29 is 0 Å². The van der Waals surface area contributed by atoms with E-state index in [-0.39, 0.29) is 0 Å². The van der Waals surface area contributed by atoms with E-state index in [1.807, 2.05) is 0 Å². The van der Waals surface area contributed by atoms with Gasteiger partial charge in [0.2, 0.25) is 0 Å². The van der Waals surface area contributed by atoms with Crippen molar-refractivity contribution in [1.29, 1.82) is 0 Å². The summed E-state index contributed by atoms with van der Waals surface area (Å²) in [5.74, 6) is 0.966. The van der Waals surface area contributed by atoms with E-state index in [9.17, 15) is 0 Å². The molecule has 1 aromatic rings. The van der Waals surface area contributed by atoms with Crippen LogP contribution < -0.4 is 5.32 Å². The number of nitrogens with one attached hydrogen (secondary N) is 1. The molecule has 1 unspecified atom stereocenters. The highest BCUT2D eigenvalue weighted by Gasteiger charge is 2.29. The van der Waals surface area contributed by atoms with Crippen LogP contribution in [-0.2, 0) is 0 Å². The lowest BCUT2D eigenvalue weighted by atomic mass is 10.0. The SMILES string of the molecule is CCCN(CC1CC1)C(CNC1CC1)c1ccccc1. The second-order valence-electron chi connectivity index (χ2n) is 6.55. The van der Waals surface area contributed by atoms with Crippen molar-refractivity contribution in [2.24, 2.45) is 5.92 Å². The Hall–Kier alpha value is -0.860. The molecule has 1 N–H and O–H groups in total. The predicted octanol–water partition coefficient (Wildman–Crippen LogP) is 3.60. The first-order chi connectivity index (χ1) is 9.86. The molecular weight excluding hydrogens is 244 g/mol. The summed E-state index contributed by atoms with van der Waals surface area (Å²) in [6.07, 6.45) is 6.88. The van der Waals surface area contributed by atoms with E-state index in [0.717, 1.165) is 18.5 Å². The van der Waals surface area contributed by atoms with Crippen LogP contribution in [0.4, 0.5) is 0 Å². The molecule has 1 aromatic carbocycles. The highest BCUT2D eigenvalue weighted by molar-refractivity contribution is 5.19. The van der Waals surface area contributed by atoms with Gasteiger partial charge in [-0.1, -0.05) is 37.3 Å². The summed E-state index contributed by atoms with van der Waals surface area (Å²) < 4.78 is 0. The van der Waals surface area contributed by atoms with Crippen LogP contribution in [0.2, 0.25) is 0 Å². The lowest BCUT2D eigenvalue weighted by Gasteiger charge is -2.32. The fourth-order valence-corrected chi connectivity index (χ4v) is 2.99. The van der Waals surface area contributed by atoms with Gasteiger partial charge in [-0.15, -0.1) is 0 Å². The number of nitrogens with zero attached hydrogens (tertiary/aromatic N) is 1. The third-order valence-electron chi connectivity index (χ3n) is 4.50.